The summed E-state index contributed by atoms with van der Waals surface area (Å²) in [5, 5.41) is 0. The van der Waals surface area contributed by atoms with Crippen LogP contribution in [-0.2, 0) is 0 Å². The van der Waals surface area contributed by atoms with Crippen molar-refractivity contribution in [2.75, 3.05) is 11.9 Å². The Hall–Kier alpha value is -1.38. The van der Waals surface area contributed by atoms with E-state index in [1.165, 1.54) is 0 Å². The maximum atomic E-state index is 11.2. The molecule has 0 amide bonds. The number of aromatic nitrogens is 1. The van der Waals surface area contributed by atoms with Crippen molar-refractivity contribution in [3.8, 4) is 0 Å². The third-order valence-electron chi connectivity index (χ3n) is 2.77. The van der Waals surface area contributed by atoms with Gasteiger partial charge < -0.3 is 4.90 Å². The topological polar surface area (TPSA) is 33.2 Å². The number of hydrogen-bond donors (Lipinski definition) is 0. The first-order chi connectivity index (χ1) is 7.06. The predicted molar refractivity (Wildman–Crippen MR) is 62.4 cm³/mol. The molecular weight excluding hydrogens is 188 g/mol. The molecule has 1 aromatic heterocycles. The van der Waals surface area contributed by atoms with E-state index < -0.39 is 0 Å². The molecule has 0 spiro atoms. The molecule has 0 saturated carbocycles. The van der Waals surface area contributed by atoms with Crippen molar-refractivity contribution in [1.82, 2.24) is 4.98 Å². The molecule has 0 aliphatic rings. The van der Waals surface area contributed by atoms with Gasteiger partial charge in [-0.05, 0) is 32.4 Å². The van der Waals surface area contributed by atoms with E-state index in [4.69, 9.17) is 0 Å². The molecule has 0 N–H and O–H groups in total. The second kappa shape index (κ2) is 4.91. The third kappa shape index (κ3) is 2.78. The Bertz CT molecular complexity index is 349. The summed E-state index contributed by atoms with van der Waals surface area (Å²) in [7, 11) is 2.00. The summed E-state index contributed by atoms with van der Waals surface area (Å²) in [6.07, 6.45) is 2.74. The molecule has 15 heavy (non-hydrogen) atoms. The van der Waals surface area contributed by atoms with Crippen molar-refractivity contribution in [2.24, 2.45) is 0 Å². The van der Waals surface area contributed by atoms with Crippen molar-refractivity contribution in [2.45, 2.75) is 33.2 Å². The Morgan fingerprint density at radius 3 is 2.80 bits per heavy atom. The molecule has 0 radical (unpaired) electrons. The van der Waals surface area contributed by atoms with Gasteiger partial charge in [-0.25, -0.2) is 4.98 Å². The lowest BCUT2D eigenvalue weighted by Gasteiger charge is -2.24. The minimum atomic E-state index is 0.0798. The summed E-state index contributed by atoms with van der Waals surface area (Å²) in [4.78, 5) is 17.6. The number of Topliss-reactive ketones (excluding diaryl/α,β-unsaturated/α-hetero) is 1. The van der Waals surface area contributed by atoms with Crippen molar-refractivity contribution in [1.29, 1.82) is 0 Å². The molecule has 1 unspecified atom stereocenters. The molecule has 1 heterocycles. The van der Waals surface area contributed by atoms with Crippen LogP contribution in [0.4, 0.5) is 5.82 Å². The molecule has 0 bridgehead atoms. The van der Waals surface area contributed by atoms with Crippen LogP contribution in [-0.4, -0.2) is 23.9 Å². The maximum absolute atomic E-state index is 11.2. The number of carbonyl (C=O) groups excluding carboxylic acids is 1. The average Bonchev–Trinajstić information content (AvgIpc) is 2.27. The minimum Gasteiger partial charge on any atom is -0.357 e. The highest BCUT2D eigenvalue weighted by atomic mass is 16.1. The number of pyridine rings is 1. The molecule has 3 heteroatoms. The van der Waals surface area contributed by atoms with Crippen molar-refractivity contribution in [3.05, 3.63) is 23.9 Å². The van der Waals surface area contributed by atoms with Gasteiger partial charge in [0.2, 0.25) is 0 Å². The number of ketones is 1. The largest absolute Gasteiger partial charge is 0.357 e. The SMILES string of the molecule is CCC(C)N(C)c1cc(C(C)=O)ccn1. The van der Waals surface area contributed by atoms with Gasteiger partial charge in [-0.3, -0.25) is 4.79 Å². The van der Waals surface area contributed by atoms with E-state index in [0.29, 0.717) is 6.04 Å². The van der Waals surface area contributed by atoms with E-state index in [1.54, 1.807) is 19.2 Å². The molecule has 0 aliphatic heterocycles. The first-order valence-corrected chi connectivity index (χ1v) is 5.26. The van der Waals surface area contributed by atoms with E-state index in [9.17, 15) is 4.79 Å². The highest BCUT2D eigenvalue weighted by Gasteiger charge is 2.10. The van der Waals surface area contributed by atoms with Gasteiger partial charge in [-0.1, -0.05) is 6.92 Å². The first kappa shape index (κ1) is 11.7. The third-order valence-corrected chi connectivity index (χ3v) is 2.77. The van der Waals surface area contributed by atoms with Gasteiger partial charge in [-0.2, -0.15) is 0 Å². The van der Waals surface area contributed by atoms with Crippen molar-refractivity contribution in [3.63, 3.8) is 0 Å². The van der Waals surface area contributed by atoms with Gasteiger partial charge >= 0.3 is 0 Å². The fourth-order valence-corrected chi connectivity index (χ4v) is 1.33. The van der Waals surface area contributed by atoms with E-state index in [2.05, 4.69) is 23.7 Å². The summed E-state index contributed by atoms with van der Waals surface area (Å²) < 4.78 is 0. The summed E-state index contributed by atoms with van der Waals surface area (Å²) in [5.41, 5.74) is 0.718. The zero-order chi connectivity index (χ0) is 11.4. The van der Waals surface area contributed by atoms with Crippen LogP contribution in [0.3, 0.4) is 0 Å². The van der Waals surface area contributed by atoms with Gasteiger partial charge in [0, 0.05) is 24.8 Å². The molecule has 0 fully saturated rings. The van der Waals surface area contributed by atoms with Gasteiger partial charge in [0.15, 0.2) is 5.78 Å². The maximum Gasteiger partial charge on any atom is 0.159 e. The van der Waals surface area contributed by atoms with Crippen LogP contribution in [0.15, 0.2) is 18.3 Å². The molecule has 1 atom stereocenters. The highest BCUT2D eigenvalue weighted by molar-refractivity contribution is 5.94. The zero-order valence-electron chi connectivity index (χ0n) is 9.82. The second-order valence-electron chi connectivity index (χ2n) is 3.83. The molecule has 0 aliphatic carbocycles. The molecule has 1 rings (SSSR count). The van der Waals surface area contributed by atoms with Gasteiger partial charge in [0.1, 0.15) is 5.82 Å². The number of carbonyl (C=O) groups is 1. The molecule has 1 aromatic rings. The van der Waals surface area contributed by atoms with Crippen molar-refractivity contribution < 1.29 is 4.79 Å². The second-order valence-corrected chi connectivity index (χ2v) is 3.83. The molecule has 0 aromatic carbocycles. The van der Waals surface area contributed by atoms with Crippen molar-refractivity contribution >= 4 is 11.6 Å². The monoisotopic (exact) mass is 206 g/mol. The molecule has 0 saturated heterocycles. The Kier molecular flexibility index (Phi) is 3.83. The number of nitrogens with zero attached hydrogens (tertiary/aromatic N) is 2. The summed E-state index contributed by atoms with van der Waals surface area (Å²) in [5.74, 6) is 0.938. The van der Waals surface area contributed by atoms with E-state index in [1.807, 2.05) is 13.1 Å². The van der Waals surface area contributed by atoms with Gasteiger partial charge in [-0.15, -0.1) is 0 Å². The summed E-state index contributed by atoms with van der Waals surface area (Å²) >= 11 is 0. The lowest BCUT2D eigenvalue weighted by Crippen LogP contribution is -2.28. The zero-order valence-corrected chi connectivity index (χ0v) is 9.82. The standard InChI is InChI=1S/C12H18N2O/c1-5-9(2)14(4)12-8-11(10(3)15)6-7-13-12/h6-9H,5H2,1-4H3. The van der Waals surface area contributed by atoms with Gasteiger partial charge in [0.25, 0.3) is 0 Å². The Morgan fingerprint density at radius 1 is 1.60 bits per heavy atom. The van der Waals surface area contributed by atoms with E-state index in [-0.39, 0.29) is 5.78 Å². The highest BCUT2D eigenvalue weighted by Crippen LogP contribution is 2.15. The average molecular weight is 206 g/mol. The first-order valence-electron chi connectivity index (χ1n) is 5.26. The van der Waals surface area contributed by atoms with E-state index >= 15 is 0 Å². The quantitative estimate of drug-likeness (QED) is 0.710. The smallest absolute Gasteiger partial charge is 0.159 e. The lowest BCUT2D eigenvalue weighted by molar-refractivity contribution is 0.101. The lowest BCUT2D eigenvalue weighted by atomic mass is 10.1. The summed E-state index contributed by atoms with van der Waals surface area (Å²) in [6, 6.07) is 4.02. The number of anilines is 1. The van der Waals surface area contributed by atoms with E-state index in [0.717, 1.165) is 17.8 Å². The number of rotatable bonds is 4. The molecule has 82 valence electrons. The van der Waals surface area contributed by atoms with Crippen LogP contribution >= 0.6 is 0 Å². The van der Waals surface area contributed by atoms with Crippen LogP contribution in [0.25, 0.3) is 0 Å². The Labute approximate surface area is 91.1 Å². The van der Waals surface area contributed by atoms with Crippen LogP contribution in [0.2, 0.25) is 0 Å². The normalized spacial score (nSPS) is 12.3. The molecular formula is C12H18N2O. The minimum absolute atomic E-state index is 0.0798. The van der Waals surface area contributed by atoms with Crippen LogP contribution in [0.5, 0.6) is 0 Å². The fourth-order valence-electron chi connectivity index (χ4n) is 1.33. The fraction of sp³-hybridized carbons (Fsp3) is 0.500. The van der Waals surface area contributed by atoms with Crippen LogP contribution in [0.1, 0.15) is 37.6 Å². The van der Waals surface area contributed by atoms with Gasteiger partial charge in [0.05, 0.1) is 0 Å². The van der Waals surface area contributed by atoms with Crippen LogP contribution < -0.4 is 4.90 Å². The summed E-state index contributed by atoms with van der Waals surface area (Å²) in [6.45, 7) is 5.85. The Morgan fingerprint density at radius 2 is 2.27 bits per heavy atom. The van der Waals surface area contributed by atoms with Crippen LogP contribution in [0, 0.1) is 0 Å². The predicted octanol–water partition coefficient (Wildman–Crippen LogP) is 2.52. The molecule has 3 nitrogen and oxygen atoms in total. The number of hydrogen-bond acceptors (Lipinski definition) is 3. The Balaban J connectivity index is 2.94.